The molecule has 5 rings (SSSR count). The predicted molar refractivity (Wildman–Crippen MR) is 316 cm³/mol. The molecule has 0 spiro atoms. The molecule has 0 bridgehead atoms. The second-order valence-electron chi connectivity index (χ2n) is 15.9. The second-order valence-corrected chi connectivity index (χ2v) is 17.9. The van der Waals surface area contributed by atoms with Crippen molar-refractivity contribution in [2.24, 2.45) is 9.98 Å². The van der Waals surface area contributed by atoms with Crippen molar-refractivity contribution in [1.29, 1.82) is 0 Å². The van der Waals surface area contributed by atoms with Gasteiger partial charge in [-0.1, -0.05) is 125 Å². The fourth-order valence-corrected chi connectivity index (χ4v) is 8.95. The van der Waals surface area contributed by atoms with Crippen molar-refractivity contribution in [3.63, 3.8) is 0 Å². The summed E-state index contributed by atoms with van der Waals surface area (Å²) in [5, 5.41) is 10.5. The summed E-state index contributed by atoms with van der Waals surface area (Å²) in [6.07, 6.45) is 16.4. The topological polar surface area (TPSA) is 140 Å². The van der Waals surface area contributed by atoms with Gasteiger partial charge in [0.05, 0.1) is 37.9 Å². The van der Waals surface area contributed by atoms with Crippen LogP contribution in [0.2, 0.25) is 0 Å². The Bertz CT molecular complexity index is 2420. The van der Waals surface area contributed by atoms with Gasteiger partial charge in [0.25, 0.3) is 0 Å². The van der Waals surface area contributed by atoms with E-state index in [0.29, 0.717) is 39.1 Å². The van der Waals surface area contributed by atoms with Crippen molar-refractivity contribution in [1.82, 2.24) is 16.0 Å². The van der Waals surface area contributed by atoms with Crippen molar-refractivity contribution in [2.75, 3.05) is 47.6 Å². The molecule has 2 heterocycles. The van der Waals surface area contributed by atoms with E-state index in [1.807, 2.05) is 123 Å². The molecule has 13 heteroatoms. The van der Waals surface area contributed by atoms with E-state index in [9.17, 15) is 14.4 Å². The lowest BCUT2D eigenvalue weighted by Crippen LogP contribution is -2.45. The van der Waals surface area contributed by atoms with Crippen molar-refractivity contribution in [3.8, 4) is 5.75 Å². The highest BCUT2D eigenvalue weighted by Crippen LogP contribution is 2.40. The summed E-state index contributed by atoms with van der Waals surface area (Å²) in [6, 6.07) is 24.3. The van der Waals surface area contributed by atoms with Gasteiger partial charge in [0.15, 0.2) is 0 Å². The highest BCUT2D eigenvalue weighted by molar-refractivity contribution is 8.03. The van der Waals surface area contributed by atoms with Gasteiger partial charge in [-0.05, 0) is 118 Å². The minimum Gasteiger partial charge on any atom is -0.497 e. The Morgan fingerprint density at radius 3 is 2.31 bits per heavy atom. The summed E-state index contributed by atoms with van der Waals surface area (Å²) in [7, 11) is 5.17. The fourth-order valence-electron chi connectivity index (χ4n) is 6.96. The number of thioether (sulfide) groups is 2. The van der Waals surface area contributed by atoms with Gasteiger partial charge in [-0.3, -0.25) is 24.4 Å². The van der Waals surface area contributed by atoms with Crippen molar-refractivity contribution in [2.45, 2.75) is 123 Å². The van der Waals surface area contributed by atoms with Gasteiger partial charge in [-0.15, -0.1) is 6.58 Å². The lowest BCUT2D eigenvalue weighted by Gasteiger charge is -2.14. The van der Waals surface area contributed by atoms with Crippen LogP contribution in [0.25, 0.3) is 0 Å². The maximum Gasteiger partial charge on any atom is 0.242 e. The van der Waals surface area contributed by atoms with Gasteiger partial charge in [0, 0.05) is 77.4 Å². The first-order valence-electron chi connectivity index (χ1n) is 25.8. The number of ether oxygens (including phenoxy) is 3. The zero-order valence-electron chi connectivity index (χ0n) is 46.4. The van der Waals surface area contributed by atoms with Crippen molar-refractivity contribution in [3.05, 3.63) is 172 Å². The first-order valence-corrected chi connectivity index (χ1v) is 27.5. The maximum atomic E-state index is 12.2. The van der Waals surface area contributed by atoms with E-state index >= 15 is 0 Å². The number of amides is 3. The number of methoxy groups -OCH3 is 2. The number of hydrogen-bond acceptors (Lipinski definition) is 10. The molecule has 0 aliphatic carbocycles. The number of carbonyl (C=O) groups excluding carboxylic acids is 3. The SMILES string of the molecule is C=C(/C=C\C(=C/C)OC)CC1=NC(C)=C(/C(C)=C\CC(=O)NCCOCC)Sc2ccccc21.C=CCC(=O)NC1CCCCNC1=O.CC.CC.CC/C=C/Sc1ccccc1C(=NC)c1ccc(OC)cc1. The number of rotatable bonds is 21. The number of benzene rings is 3. The van der Waals surface area contributed by atoms with Crippen LogP contribution in [0.5, 0.6) is 5.75 Å². The molecule has 1 fully saturated rings. The first-order chi connectivity index (χ1) is 35.9. The van der Waals surface area contributed by atoms with Crippen LogP contribution < -0.4 is 20.7 Å². The molecule has 11 nitrogen and oxygen atoms in total. The summed E-state index contributed by atoms with van der Waals surface area (Å²) in [5.74, 6) is 1.43. The van der Waals surface area contributed by atoms with Gasteiger partial charge in [-0.25, -0.2) is 0 Å². The molecule has 402 valence electrons. The van der Waals surface area contributed by atoms with E-state index in [-0.39, 0.29) is 30.2 Å². The lowest BCUT2D eigenvalue weighted by molar-refractivity contribution is -0.128. The van der Waals surface area contributed by atoms with Gasteiger partial charge >= 0.3 is 0 Å². The quantitative estimate of drug-likeness (QED) is 0.0239. The molecule has 2 aliphatic heterocycles. The third-order valence-electron chi connectivity index (χ3n) is 10.6. The molecule has 1 unspecified atom stereocenters. The Morgan fingerprint density at radius 1 is 0.959 bits per heavy atom. The van der Waals surface area contributed by atoms with E-state index in [1.165, 1.54) is 11.0 Å². The van der Waals surface area contributed by atoms with Gasteiger partial charge in [0.2, 0.25) is 17.7 Å². The molecular formula is C61H85N5O6S2. The average molecular weight is 1050 g/mol. The van der Waals surface area contributed by atoms with Crippen LogP contribution >= 0.6 is 23.5 Å². The largest absolute Gasteiger partial charge is 0.497 e. The minimum absolute atomic E-state index is 0.0137. The number of carbonyl (C=O) groups is 3. The molecule has 3 amide bonds. The van der Waals surface area contributed by atoms with Crippen LogP contribution in [-0.2, 0) is 23.9 Å². The monoisotopic (exact) mass is 1050 g/mol. The van der Waals surface area contributed by atoms with Crippen LogP contribution in [0.15, 0.2) is 175 Å². The van der Waals surface area contributed by atoms with Crippen LogP contribution in [-0.4, -0.2) is 82.8 Å². The second kappa shape index (κ2) is 40.3. The third kappa shape index (κ3) is 24.7. The molecule has 3 aromatic carbocycles. The molecule has 0 radical (unpaired) electrons. The normalized spacial score (nSPS) is 14.5. The molecular weight excluding hydrogens is 963 g/mol. The van der Waals surface area contributed by atoms with Crippen LogP contribution in [0.3, 0.4) is 0 Å². The zero-order valence-corrected chi connectivity index (χ0v) is 48.0. The predicted octanol–water partition coefficient (Wildman–Crippen LogP) is 13.9. The van der Waals surface area contributed by atoms with Crippen LogP contribution in [0.1, 0.15) is 124 Å². The van der Waals surface area contributed by atoms with E-state index in [0.717, 1.165) is 91.9 Å². The Labute approximate surface area is 453 Å². The summed E-state index contributed by atoms with van der Waals surface area (Å²) in [5.41, 5.74) is 8.25. The Morgan fingerprint density at radius 2 is 1.66 bits per heavy atom. The Kier molecular flexibility index (Phi) is 35.8. The average Bonchev–Trinajstić information content (AvgIpc) is 3.71. The smallest absolute Gasteiger partial charge is 0.242 e. The Balaban J connectivity index is 0.000000584. The van der Waals surface area contributed by atoms with Crippen LogP contribution in [0.4, 0.5) is 0 Å². The minimum atomic E-state index is -0.357. The number of nitrogens with zero attached hydrogens (tertiary/aromatic N) is 2. The first kappa shape index (κ1) is 65.9. The number of hydrogen-bond donors (Lipinski definition) is 3. The molecule has 0 aromatic heterocycles. The molecule has 1 saturated heterocycles. The molecule has 3 aromatic rings. The standard InChI is InChI=1S/C28H36N2O3S.C19H21NOS.C10H16N2O2.2C2H6/c1-7-23(32-6)15-13-20(3)19-25-24-11-9-10-12-26(24)34-28(22(5)30-25)21(4)14-16-27(31)29-17-18-33-8-2;1-4-5-14-22-18-9-7-6-8-17(18)19(20-2)15-10-12-16(21-3)13-11-15;1-2-5-9(13)12-8-6-3-4-7-11-10(8)14;2*1-2/h7,9-15H,3,8,16-19H2,1-2,4-6H3,(H,29,31);5-14H,4H2,1-3H3;2,8H,1,3-7H2,(H,11,14)(H,12,13);2*1-2H3/b15-13-,21-14-,23-7+;14-5+,20-19?;;;. The summed E-state index contributed by atoms with van der Waals surface area (Å²) in [4.78, 5) is 47.7. The van der Waals surface area contributed by atoms with E-state index in [1.54, 1.807) is 37.7 Å². The summed E-state index contributed by atoms with van der Waals surface area (Å²) >= 11 is 3.43. The van der Waals surface area contributed by atoms with Gasteiger partial charge in [-0.2, -0.15) is 0 Å². The third-order valence-corrected chi connectivity index (χ3v) is 13.0. The van der Waals surface area contributed by atoms with E-state index in [2.05, 4.69) is 88.9 Å². The van der Waals surface area contributed by atoms with Crippen molar-refractivity contribution >= 4 is 52.7 Å². The number of allylic oxidation sites excluding steroid dienone is 7. The lowest BCUT2D eigenvalue weighted by atomic mass is 10.0. The van der Waals surface area contributed by atoms with Gasteiger partial charge < -0.3 is 30.2 Å². The molecule has 1 atom stereocenters. The highest BCUT2D eigenvalue weighted by Gasteiger charge is 2.22. The van der Waals surface area contributed by atoms with Gasteiger partial charge in [0.1, 0.15) is 17.6 Å². The molecule has 3 N–H and O–H groups in total. The number of fused-ring (bicyclic) bond motifs is 1. The number of aliphatic imine (C=N–C) groups is 2. The number of nitrogens with one attached hydrogen (secondary N) is 3. The Hall–Kier alpha value is -6.15. The highest BCUT2D eigenvalue weighted by atomic mass is 32.2. The molecule has 2 aliphatic rings. The summed E-state index contributed by atoms with van der Waals surface area (Å²) < 4.78 is 15.8. The molecule has 0 saturated carbocycles. The molecule has 74 heavy (non-hydrogen) atoms. The summed E-state index contributed by atoms with van der Waals surface area (Å²) in [6.45, 7) is 28.2. The van der Waals surface area contributed by atoms with Crippen molar-refractivity contribution < 1.29 is 28.6 Å². The van der Waals surface area contributed by atoms with E-state index < -0.39 is 0 Å². The fraction of sp³-hybridized carbons (Fsp3) is 0.393. The van der Waals surface area contributed by atoms with E-state index in [4.69, 9.17) is 19.2 Å². The van der Waals surface area contributed by atoms with Crippen LogP contribution in [0, 0.1) is 0 Å². The maximum absolute atomic E-state index is 12.2. The zero-order chi connectivity index (χ0) is 55.1.